The Morgan fingerprint density at radius 2 is 1.76 bits per heavy atom. The first-order valence-corrected chi connectivity index (χ1v) is 5.55. The summed E-state index contributed by atoms with van der Waals surface area (Å²) < 4.78 is 1.68. The van der Waals surface area contributed by atoms with E-state index < -0.39 is 0 Å². The number of aliphatic hydroxyl groups excluding tert-OH is 1. The first kappa shape index (κ1) is 11.6. The standard InChI is InChI=1S/C14H15NO2/c1-11-3-2-8-15(14(11)17)9-12-4-6-13(10-16)7-5-12/h2-8,16H,9-10H2,1H3. The van der Waals surface area contributed by atoms with Gasteiger partial charge in [0.2, 0.25) is 0 Å². The van der Waals surface area contributed by atoms with Crippen LogP contribution in [0.25, 0.3) is 0 Å². The van der Waals surface area contributed by atoms with Gasteiger partial charge < -0.3 is 9.67 Å². The maximum Gasteiger partial charge on any atom is 0.253 e. The van der Waals surface area contributed by atoms with Crippen molar-refractivity contribution in [3.05, 3.63) is 69.6 Å². The van der Waals surface area contributed by atoms with Gasteiger partial charge in [0, 0.05) is 11.8 Å². The molecule has 3 nitrogen and oxygen atoms in total. The molecule has 0 aliphatic rings. The van der Waals surface area contributed by atoms with Crippen LogP contribution >= 0.6 is 0 Å². The van der Waals surface area contributed by atoms with Crippen molar-refractivity contribution in [1.29, 1.82) is 0 Å². The van der Waals surface area contributed by atoms with Gasteiger partial charge in [0.25, 0.3) is 5.56 Å². The van der Waals surface area contributed by atoms with Gasteiger partial charge in [-0.25, -0.2) is 0 Å². The predicted octanol–water partition coefficient (Wildman–Crippen LogP) is 1.70. The van der Waals surface area contributed by atoms with Crippen molar-refractivity contribution in [2.75, 3.05) is 0 Å². The molecule has 0 saturated heterocycles. The quantitative estimate of drug-likeness (QED) is 0.870. The second-order valence-corrected chi connectivity index (χ2v) is 4.10. The molecule has 0 amide bonds. The van der Waals surface area contributed by atoms with E-state index in [0.29, 0.717) is 6.54 Å². The molecule has 0 aliphatic heterocycles. The Balaban J connectivity index is 2.25. The van der Waals surface area contributed by atoms with Gasteiger partial charge in [-0.15, -0.1) is 0 Å². The summed E-state index contributed by atoms with van der Waals surface area (Å²) in [6, 6.07) is 11.3. The molecular formula is C14H15NO2. The summed E-state index contributed by atoms with van der Waals surface area (Å²) in [6.45, 7) is 2.42. The second-order valence-electron chi connectivity index (χ2n) is 4.10. The van der Waals surface area contributed by atoms with Gasteiger partial charge in [0.15, 0.2) is 0 Å². The van der Waals surface area contributed by atoms with Crippen LogP contribution in [0.4, 0.5) is 0 Å². The number of aliphatic hydroxyl groups is 1. The summed E-state index contributed by atoms with van der Waals surface area (Å²) in [6.07, 6.45) is 1.79. The number of hydrogen-bond acceptors (Lipinski definition) is 2. The van der Waals surface area contributed by atoms with Crippen LogP contribution in [0.5, 0.6) is 0 Å². The Morgan fingerprint density at radius 3 is 2.41 bits per heavy atom. The summed E-state index contributed by atoms with van der Waals surface area (Å²) in [4.78, 5) is 11.8. The highest BCUT2D eigenvalue weighted by Crippen LogP contribution is 2.05. The zero-order chi connectivity index (χ0) is 12.3. The second kappa shape index (κ2) is 4.97. The molecule has 17 heavy (non-hydrogen) atoms. The molecule has 0 radical (unpaired) electrons. The molecule has 2 rings (SSSR count). The molecule has 0 atom stereocenters. The van der Waals surface area contributed by atoms with Crippen molar-refractivity contribution in [2.45, 2.75) is 20.1 Å². The number of aromatic nitrogens is 1. The Morgan fingerprint density at radius 1 is 1.12 bits per heavy atom. The van der Waals surface area contributed by atoms with Gasteiger partial charge in [0.1, 0.15) is 0 Å². The van der Waals surface area contributed by atoms with Crippen LogP contribution in [0.3, 0.4) is 0 Å². The van der Waals surface area contributed by atoms with Gasteiger partial charge in [-0.1, -0.05) is 30.3 Å². The van der Waals surface area contributed by atoms with E-state index in [1.54, 1.807) is 10.8 Å². The molecule has 1 aromatic heterocycles. The SMILES string of the molecule is Cc1cccn(Cc2ccc(CO)cc2)c1=O. The topological polar surface area (TPSA) is 42.2 Å². The van der Waals surface area contributed by atoms with E-state index >= 15 is 0 Å². The van der Waals surface area contributed by atoms with Crippen molar-refractivity contribution in [2.24, 2.45) is 0 Å². The van der Waals surface area contributed by atoms with Crippen molar-refractivity contribution in [1.82, 2.24) is 4.57 Å². The average molecular weight is 229 g/mol. The maximum atomic E-state index is 11.8. The monoisotopic (exact) mass is 229 g/mol. The van der Waals surface area contributed by atoms with Crippen molar-refractivity contribution in [3.8, 4) is 0 Å². The number of pyridine rings is 1. The summed E-state index contributed by atoms with van der Waals surface area (Å²) in [5.74, 6) is 0. The Hall–Kier alpha value is -1.87. The van der Waals surface area contributed by atoms with E-state index in [0.717, 1.165) is 16.7 Å². The van der Waals surface area contributed by atoms with Gasteiger partial charge in [-0.05, 0) is 24.1 Å². The lowest BCUT2D eigenvalue weighted by Gasteiger charge is -2.07. The molecule has 0 unspecified atom stereocenters. The summed E-state index contributed by atoms with van der Waals surface area (Å²) in [5, 5.41) is 8.94. The molecule has 88 valence electrons. The minimum atomic E-state index is 0.0405. The van der Waals surface area contributed by atoms with Crippen LogP contribution in [0.15, 0.2) is 47.4 Å². The van der Waals surface area contributed by atoms with Crippen LogP contribution in [-0.2, 0) is 13.2 Å². The number of nitrogens with zero attached hydrogens (tertiary/aromatic N) is 1. The lowest BCUT2D eigenvalue weighted by Crippen LogP contribution is -2.21. The zero-order valence-corrected chi connectivity index (χ0v) is 9.76. The van der Waals surface area contributed by atoms with Crippen LogP contribution < -0.4 is 5.56 Å². The highest BCUT2D eigenvalue weighted by molar-refractivity contribution is 5.22. The molecule has 0 fully saturated rings. The molecule has 0 saturated carbocycles. The molecule has 3 heteroatoms. The summed E-state index contributed by atoms with van der Waals surface area (Å²) in [5.41, 5.74) is 2.72. The van der Waals surface area contributed by atoms with Crippen molar-refractivity contribution in [3.63, 3.8) is 0 Å². The molecule has 0 spiro atoms. The molecule has 1 N–H and O–H groups in total. The Labute approximate surface area is 100.0 Å². The fourth-order valence-electron chi connectivity index (χ4n) is 1.73. The van der Waals surface area contributed by atoms with E-state index in [1.165, 1.54) is 0 Å². The fraction of sp³-hybridized carbons (Fsp3) is 0.214. The minimum absolute atomic E-state index is 0.0405. The highest BCUT2D eigenvalue weighted by Gasteiger charge is 2.00. The largest absolute Gasteiger partial charge is 0.392 e. The molecular weight excluding hydrogens is 214 g/mol. The first-order chi connectivity index (χ1) is 8.20. The Bertz CT molecular complexity index is 555. The third-order valence-corrected chi connectivity index (χ3v) is 2.77. The lowest BCUT2D eigenvalue weighted by atomic mass is 10.1. The Kier molecular flexibility index (Phi) is 3.40. The van der Waals surface area contributed by atoms with Gasteiger partial charge >= 0.3 is 0 Å². The predicted molar refractivity (Wildman–Crippen MR) is 66.9 cm³/mol. The number of aryl methyl sites for hydroxylation is 1. The summed E-state index contributed by atoms with van der Waals surface area (Å²) in [7, 11) is 0. The molecule has 0 aliphatic carbocycles. The van der Waals surface area contributed by atoms with E-state index in [1.807, 2.05) is 43.3 Å². The molecule has 1 aromatic carbocycles. The third-order valence-electron chi connectivity index (χ3n) is 2.77. The van der Waals surface area contributed by atoms with E-state index in [4.69, 9.17) is 5.11 Å². The lowest BCUT2D eigenvalue weighted by molar-refractivity contribution is 0.282. The van der Waals surface area contributed by atoms with Crippen molar-refractivity contribution >= 4 is 0 Å². The number of rotatable bonds is 3. The van der Waals surface area contributed by atoms with Gasteiger partial charge in [-0.3, -0.25) is 4.79 Å². The minimum Gasteiger partial charge on any atom is -0.392 e. The zero-order valence-electron chi connectivity index (χ0n) is 9.76. The van der Waals surface area contributed by atoms with Gasteiger partial charge in [-0.2, -0.15) is 0 Å². The van der Waals surface area contributed by atoms with E-state index in [2.05, 4.69) is 0 Å². The molecule has 0 bridgehead atoms. The van der Waals surface area contributed by atoms with E-state index in [9.17, 15) is 4.79 Å². The van der Waals surface area contributed by atoms with Crippen LogP contribution in [0, 0.1) is 6.92 Å². The smallest absolute Gasteiger partial charge is 0.253 e. The summed E-state index contributed by atoms with van der Waals surface area (Å²) >= 11 is 0. The number of benzene rings is 1. The van der Waals surface area contributed by atoms with Crippen LogP contribution in [-0.4, -0.2) is 9.67 Å². The maximum absolute atomic E-state index is 11.8. The fourth-order valence-corrected chi connectivity index (χ4v) is 1.73. The van der Waals surface area contributed by atoms with Gasteiger partial charge in [0.05, 0.1) is 13.2 Å². The molecule has 1 heterocycles. The first-order valence-electron chi connectivity index (χ1n) is 5.55. The average Bonchev–Trinajstić information content (AvgIpc) is 2.36. The van der Waals surface area contributed by atoms with E-state index in [-0.39, 0.29) is 12.2 Å². The van der Waals surface area contributed by atoms with Crippen LogP contribution in [0.1, 0.15) is 16.7 Å². The highest BCUT2D eigenvalue weighted by atomic mass is 16.3. The number of hydrogen-bond donors (Lipinski definition) is 1. The molecule has 2 aromatic rings. The van der Waals surface area contributed by atoms with Crippen LogP contribution in [0.2, 0.25) is 0 Å². The third kappa shape index (κ3) is 2.63. The van der Waals surface area contributed by atoms with Crippen molar-refractivity contribution < 1.29 is 5.11 Å². The normalized spacial score (nSPS) is 10.5.